The summed E-state index contributed by atoms with van der Waals surface area (Å²) in [5, 5.41) is 9.58. The molecule has 0 bridgehead atoms. The van der Waals surface area contributed by atoms with Gasteiger partial charge in [0.1, 0.15) is 16.7 Å². The van der Waals surface area contributed by atoms with Crippen LogP contribution in [-0.2, 0) is 4.79 Å². The van der Waals surface area contributed by atoms with E-state index in [0.717, 1.165) is 6.42 Å². The first-order valence-corrected chi connectivity index (χ1v) is 6.57. The standard InChI is InChI=1S/C14H11ClFNO3/c15-11-7-10(20-14(13(18)19)5-2-6-14)12-8(16)3-1-4-9(12)17-11/h1,3-4,7H,2,5-6H2,(H,18,19). The number of ether oxygens (including phenoxy) is 1. The average molecular weight is 296 g/mol. The van der Waals surface area contributed by atoms with Crippen molar-refractivity contribution in [3.05, 3.63) is 35.2 Å². The summed E-state index contributed by atoms with van der Waals surface area (Å²) >= 11 is 5.88. The number of hydrogen-bond acceptors (Lipinski definition) is 3. The van der Waals surface area contributed by atoms with Gasteiger partial charge in [0.2, 0.25) is 5.60 Å². The van der Waals surface area contributed by atoms with Gasteiger partial charge in [0.05, 0.1) is 10.9 Å². The van der Waals surface area contributed by atoms with Crippen molar-refractivity contribution in [3.8, 4) is 5.75 Å². The van der Waals surface area contributed by atoms with E-state index in [9.17, 15) is 14.3 Å². The van der Waals surface area contributed by atoms with Crippen LogP contribution in [0.1, 0.15) is 19.3 Å². The molecule has 0 radical (unpaired) electrons. The van der Waals surface area contributed by atoms with E-state index in [1.165, 1.54) is 18.2 Å². The van der Waals surface area contributed by atoms with Crippen molar-refractivity contribution in [2.24, 2.45) is 0 Å². The van der Waals surface area contributed by atoms with Gasteiger partial charge < -0.3 is 9.84 Å². The summed E-state index contributed by atoms with van der Waals surface area (Å²) in [7, 11) is 0. The van der Waals surface area contributed by atoms with Gasteiger partial charge in [-0.2, -0.15) is 0 Å². The topological polar surface area (TPSA) is 59.4 Å². The van der Waals surface area contributed by atoms with E-state index in [0.29, 0.717) is 18.4 Å². The number of aromatic nitrogens is 1. The van der Waals surface area contributed by atoms with Gasteiger partial charge in [0.25, 0.3) is 0 Å². The third-order valence-electron chi connectivity index (χ3n) is 3.57. The van der Waals surface area contributed by atoms with Gasteiger partial charge in [0, 0.05) is 6.07 Å². The van der Waals surface area contributed by atoms with E-state index in [1.54, 1.807) is 6.07 Å². The molecule has 4 nitrogen and oxygen atoms in total. The minimum Gasteiger partial charge on any atom is -0.478 e. The zero-order valence-corrected chi connectivity index (χ0v) is 11.2. The number of aliphatic carboxylic acids is 1. The highest BCUT2D eigenvalue weighted by Crippen LogP contribution is 2.40. The molecular formula is C14H11ClFNO3. The average Bonchev–Trinajstić information content (AvgIpc) is 2.32. The summed E-state index contributed by atoms with van der Waals surface area (Å²) in [5.74, 6) is -1.43. The van der Waals surface area contributed by atoms with E-state index in [-0.39, 0.29) is 16.3 Å². The lowest BCUT2D eigenvalue weighted by atomic mass is 9.80. The van der Waals surface area contributed by atoms with Gasteiger partial charge in [-0.3, -0.25) is 0 Å². The number of rotatable bonds is 3. The zero-order valence-electron chi connectivity index (χ0n) is 10.4. The fraction of sp³-hybridized carbons (Fsp3) is 0.286. The summed E-state index contributed by atoms with van der Waals surface area (Å²) in [6, 6.07) is 5.75. The Kier molecular flexibility index (Phi) is 3.01. The first-order chi connectivity index (χ1) is 9.52. The third kappa shape index (κ3) is 1.98. The van der Waals surface area contributed by atoms with Crippen LogP contribution in [0.5, 0.6) is 5.75 Å². The third-order valence-corrected chi connectivity index (χ3v) is 3.77. The minimum atomic E-state index is -1.28. The van der Waals surface area contributed by atoms with Crippen LogP contribution >= 0.6 is 11.6 Å². The fourth-order valence-corrected chi connectivity index (χ4v) is 2.52. The molecule has 0 aliphatic heterocycles. The Morgan fingerprint density at radius 2 is 2.20 bits per heavy atom. The van der Waals surface area contributed by atoms with Crippen molar-refractivity contribution < 1.29 is 19.0 Å². The summed E-state index contributed by atoms with van der Waals surface area (Å²) in [6.07, 6.45) is 1.57. The van der Waals surface area contributed by atoms with Crippen LogP contribution in [-0.4, -0.2) is 21.7 Å². The second-order valence-corrected chi connectivity index (χ2v) is 5.22. The first-order valence-electron chi connectivity index (χ1n) is 6.19. The lowest BCUT2D eigenvalue weighted by molar-refractivity contribution is -0.163. The Morgan fingerprint density at radius 1 is 1.45 bits per heavy atom. The molecule has 2 aromatic rings. The molecule has 0 unspecified atom stereocenters. The number of nitrogens with zero attached hydrogens (tertiary/aromatic N) is 1. The maximum atomic E-state index is 14.0. The molecule has 1 aliphatic carbocycles. The van der Waals surface area contributed by atoms with Crippen LogP contribution in [0.2, 0.25) is 5.15 Å². The highest BCUT2D eigenvalue weighted by molar-refractivity contribution is 6.30. The highest BCUT2D eigenvalue weighted by Gasteiger charge is 2.47. The molecule has 0 atom stereocenters. The molecule has 20 heavy (non-hydrogen) atoms. The van der Waals surface area contributed by atoms with Crippen LogP contribution in [0.25, 0.3) is 10.9 Å². The maximum Gasteiger partial charge on any atom is 0.348 e. The van der Waals surface area contributed by atoms with Crippen LogP contribution in [0.3, 0.4) is 0 Å². The molecule has 1 heterocycles. The van der Waals surface area contributed by atoms with Gasteiger partial charge in [-0.05, 0) is 31.4 Å². The molecule has 1 aliphatic rings. The molecule has 6 heteroatoms. The summed E-state index contributed by atoms with van der Waals surface area (Å²) < 4.78 is 19.6. The van der Waals surface area contributed by atoms with E-state index in [2.05, 4.69) is 4.98 Å². The predicted molar refractivity (Wildman–Crippen MR) is 71.6 cm³/mol. The van der Waals surface area contributed by atoms with Crippen LogP contribution < -0.4 is 4.74 Å². The molecule has 1 aromatic heterocycles. The number of carboxylic acids is 1. The molecule has 104 valence electrons. The van der Waals surface area contributed by atoms with E-state index >= 15 is 0 Å². The number of benzene rings is 1. The number of halogens is 2. The summed E-state index contributed by atoms with van der Waals surface area (Å²) in [5.41, 5.74) is -0.938. The monoisotopic (exact) mass is 295 g/mol. The number of hydrogen-bond donors (Lipinski definition) is 1. The number of pyridine rings is 1. The Balaban J connectivity index is 2.13. The van der Waals surface area contributed by atoms with Crippen LogP contribution in [0.15, 0.2) is 24.3 Å². The summed E-state index contributed by atoms with van der Waals surface area (Å²) in [6.45, 7) is 0. The lowest BCUT2D eigenvalue weighted by Crippen LogP contribution is -2.50. The van der Waals surface area contributed by atoms with E-state index < -0.39 is 17.4 Å². The zero-order chi connectivity index (χ0) is 14.3. The van der Waals surface area contributed by atoms with Crippen LogP contribution in [0.4, 0.5) is 4.39 Å². The number of carboxylic acid groups (broad SMARTS) is 1. The van der Waals surface area contributed by atoms with Crippen molar-refractivity contribution in [1.82, 2.24) is 4.98 Å². The minimum absolute atomic E-state index is 0.125. The Morgan fingerprint density at radius 3 is 2.80 bits per heavy atom. The van der Waals surface area contributed by atoms with Crippen molar-refractivity contribution in [2.75, 3.05) is 0 Å². The smallest absolute Gasteiger partial charge is 0.348 e. The lowest BCUT2D eigenvalue weighted by Gasteiger charge is -2.37. The second-order valence-electron chi connectivity index (χ2n) is 4.83. The Bertz CT molecular complexity index is 700. The number of carbonyl (C=O) groups is 1. The van der Waals surface area contributed by atoms with Gasteiger partial charge in [-0.15, -0.1) is 0 Å². The fourth-order valence-electron chi connectivity index (χ4n) is 2.33. The Labute approximate surface area is 119 Å². The maximum absolute atomic E-state index is 14.0. The Hall–Kier alpha value is -1.88. The highest BCUT2D eigenvalue weighted by atomic mass is 35.5. The first kappa shape index (κ1) is 13.1. The molecule has 1 aromatic carbocycles. The van der Waals surface area contributed by atoms with Gasteiger partial charge in [-0.1, -0.05) is 17.7 Å². The van der Waals surface area contributed by atoms with Crippen molar-refractivity contribution >= 4 is 28.5 Å². The van der Waals surface area contributed by atoms with E-state index in [4.69, 9.17) is 16.3 Å². The van der Waals surface area contributed by atoms with Crippen molar-refractivity contribution in [1.29, 1.82) is 0 Å². The number of fused-ring (bicyclic) bond motifs is 1. The SMILES string of the molecule is O=C(O)C1(Oc2cc(Cl)nc3cccc(F)c23)CCC1. The second kappa shape index (κ2) is 4.59. The van der Waals surface area contributed by atoms with Crippen molar-refractivity contribution in [3.63, 3.8) is 0 Å². The van der Waals surface area contributed by atoms with Gasteiger partial charge >= 0.3 is 5.97 Å². The molecule has 1 saturated carbocycles. The van der Waals surface area contributed by atoms with Crippen LogP contribution in [0, 0.1) is 5.82 Å². The molecule has 0 amide bonds. The molecule has 3 rings (SSSR count). The summed E-state index contributed by atoms with van der Waals surface area (Å²) in [4.78, 5) is 15.4. The molecule has 1 fully saturated rings. The molecular weight excluding hydrogens is 285 g/mol. The quantitative estimate of drug-likeness (QED) is 0.882. The van der Waals surface area contributed by atoms with Gasteiger partial charge in [-0.25, -0.2) is 14.2 Å². The normalized spacial score (nSPS) is 16.7. The molecule has 1 N–H and O–H groups in total. The predicted octanol–water partition coefficient (Wildman–Crippen LogP) is 3.41. The van der Waals surface area contributed by atoms with E-state index in [1.807, 2.05) is 0 Å². The molecule has 0 spiro atoms. The van der Waals surface area contributed by atoms with Gasteiger partial charge in [0.15, 0.2) is 0 Å². The largest absolute Gasteiger partial charge is 0.478 e. The van der Waals surface area contributed by atoms with Crippen molar-refractivity contribution in [2.45, 2.75) is 24.9 Å². The molecule has 0 saturated heterocycles.